The van der Waals surface area contributed by atoms with Gasteiger partial charge >= 0.3 is 5.97 Å². The highest BCUT2D eigenvalue weighted by atomic mass is 16.7. The lowest BCUT2D eigenvalue weighted by Crippen LogP contribution is -2.13. The molecule has 1 aliphatic heterocycles. The van der Waals surface area contributed by atoms with Crippen molar-refractivity contribution in [1.82, 2.24) is 0 Å². The maximum Gasteiger partial charge on any atom is 0.377 e. The van der Waals surface area contributed by atoms with Gasteiger partial charge in [-0.1, -0.05) is 0 Å². The molecule has 86 valence electrons. The normalized spacial score (nSPS) is 22.8. The van der Waals surface area contributed by atoms with Gasteiger partial charge in [-0.2, -0.15) is 0 Å². The summed E-state index contributed by atoms with van der Waals surface area (Å²) in [5.41, 5.74) is 0. The molecule has 0 N–H and O–H groups in total. The fraction of sp³-hybridized carbons (Fsp3) is 0.700. The monoisotopic (exact) mass is 216 g/mol. The predicted octanol–water partition coefficient (Wildman–Crippen LogP) is 1.19. The molecule has 0 radical (unpaired) electrons. The number of esters is 1. The summed E-state index contributed by atoms with van der Waals surface area (Å²) in [6.07, 6.45) is 0.722. The lowest BCUT2D eigenvalue weighted by atomic mass is 10.4. The van der Waals surface area contributed by atoms with Gasteiger partial charge in [0.2, 0.25) is 5.76 Å². The van der Waals surface area contributed by atoms with Crippen LogP contribution in [0.25, 0.3) is 0 Å². The zero-order valence-electron chi connectivity index (χ0n) is 9.08. The van der Waals surface area contributed by atoms with Crippen molar-refractivity contribution in [1.29, 1.82) is 0 Å². The van der Waals surface area contributed by atoms with Crippen LogP contribution >= 0.6 is 0 Å². The van der Waals surface area contributed by atoms with E-state index in [0.29, 0.717) is 25.6 Å². The Morgan fingerprint density at radius 3 is 2.93 bits per heavy atom. The summed E-state index contributed by atoms with van der Waals surface area (Å²) < 4.78 is 20.4. The number of hydrogen-bond donors (Lipinski definition) is 0. The molecule has 0 amide bonds. The molecule has 5 heteroatoms. The first-order valence-electron chi connectivity index (χ1n) is 4.97. The van der Waals surface area contributed by atoms with Crippen LogP contribution in [0.1, 0.15) is 20.3 Å². The summed E-state index contributed by atoms with van der Waals surface area (Å²) in [4.78, 5) is 11.5. The highest BCUT2D eigenvalue weighted by molar-refractivity contribution is 5.86. The van der Waals surface area contributed by atoms with E-state index in [1.54, 1.807) is 13.8 Å². The minimum absolute atomic E-state index is 0.137. The second-order valence-electron chi connectivity index (χ2n) is 2.98. The van der Waals surface area contributed by atoms with Gasteiger partial charge in [0, 0.05) is 6.42 Å². The van der Waals surface area contributed by atoms with E-state index >= 15 is 0 Å². The molecule has 0 aromatic rings. The van der Waals surface area contributed by atoms with Gasteiger partial charge < -0.3 is 18.9 Å². The predicted molar refractivity (Wildman–Crippen MR) is 51.8 cm³/mol. The number of carbonyl (C=O) groups excluding carboxylic acids is 1. The molecule has 0 bridgehead atoms. The minimum atomic E-state index is -0.489. The maximum atomic E-state index is 11.5. The maximum absolute atomic E-state index is 11.5. The van der Waals surface area contributed by atoms with Gasteiger partial charge in [-0.3, -0.25) is 0 Å². The number of allylic oxidation sites excluding steroid dienone is 1. The van der Waals surface area contributed by atoms with Crippen LogP contribution in [0.4, 0.5) is 0 Å². The van der Waals surface area contributed by atoms with Crippen LogP contribution < -0.4 is 0 Å². The summed E-state index contributed by atoms with van der Waals surface area (Å²) in [6.45, 7) is 4.83. The minimum Gasteiger partial charge on any atom is -0.484 e. The van der Waals surface area contributed by atoms with Gasteiger partial charge in [-0.25, -0.2) is 4.79 Å². The lowest BCUT2D eigenvalue weighted by molar-refractivity contribution is -0.143. The first-order chi connectivity index (χ1) is 7.25. The highest BCUT2D eigenvalue weighted by Gasteiger charge is 2.18. The Labute approximate surface area is 88.9 Å². The van der Waals surface area contributed by atoms with Crippen LogP contribution in [0.15, 0.2) is 11.5 Å². The molecule has 0 aliphatic carbocycles. The van der Waals surface area contributed by atoms with E-state index in [4.69, 9.17) is 18.9 Å². The highest BCUT2D eigenvalue weighted by Crippen LogP contribution is 2.12. The number of ether oxygens (including phenoxy) is 4. The standard InChI is InChI=1S/C10H16O5/c1-3-13-10(11)9-8(2)15-7-12-5-4-6-14-9/h3-7H2,1-2H3/b9-8-. The summed E-state index contributed by atoms with van der Waals surface area (Å²) in [7, 11) is 0. The third-order valence-corrected chi connectivity index (χ3v) is 1.82. The molecule has 1 heterocycles. The van der Waals surface area contributed by atoms with Crippen LogP contribution in [0.2, 0.25) is 0 Å². The zero-order valence-corrected chi connectivity index (χ0v) is 9.08. The van der Waals surface area contributed by atoms with Crippen molar-refractivity contribution in [2.24, 2.45) is 0 Å². The van der Waals surface area contributed by atoms with Gasteiger partial charge in [0.15, 0.2) is 6.79 Å². The molecule has 15 heavy (non-hydrogen) atoms. The molecule has 0 saturated heterocycles. The Balaban J connectivity index is 2.68. The van der Waals surface area contributed by atoms with Crippen molar-refractivity contribution in [2.45, 2.75) is 20.3 Å². The largest absolute Gasteiger partial charge is 0.484 e. The van der Waals surface area contributed by atoms with E-state index in [-0.39, 0.29) is 12.6 Å². The van der Waals surface area contributed by atoms with Crippen molar-refractivity contribution in [3.05, 3.63) is 11.5 Å². The van der Waals surface area contributed by atoms with Crippen LogP contribution in [-0.4, -0.2) is 32.6 Å². The van der Waals surface area contributed by atoms with Crippen molar-refractivity contribution in [3.63, 3.8) is 0 Å². The molecule has 1 rings (SSSR count). The second kappa shape index (κ2) is 6.29. The van der Waals surface area contributed by atoms with E-state index < -0.39 is 5.97 Å². The third kappa shape index (κ3) is 3.79. The smallest absolute Gasteiger partial charge is 0.377 e. The van der Waals surface area contributed by atoms with Crippen LogP contribution in [0.3, 0.4) is 0 Å². The average molecular weight is 216 g/mol. The lowest BCUT2D eigenvalue weighted by Gasteiger charge is -2.10. The molecule has 0 unspecified atom stereocenters. The Hall–Kier alpha value is -1.23. The van der Waals surface area contributed by atoms with Crippen molar-refractivity contribution in [3.8, 4) is 0 Å². The quantitative estimate of drug-likeness (QED) is 0.649. The van der Waals surface area contributed by atoms with Crippen molar-refractivity contribution in [2.75, 3.05) is 26.6 Å². The number of hydrogen-bond acceptors (Lipinski definition) is 5. The van der Waals surface area contributed by atoms with Crippen molar-refractivity contribution >= 4 is 5.97 Å². The van der Waals surface area contributed by atoms with Gasteiger partial charge in [0.1, 0.15) is 5.76 Å². The molecule has 0 atom stereocenters. The number of carbonyl (C=O) groups is 1. The van der Waals surface area contributed by atoms with Gasteiger partial charge in [0.05, 0.1) is 19.8 Å². The van der Waals surface area contributed by atoms with Crippen LogP contribution in [0.5, 0.6) is 0 Å². The molecule has 1 aliphatic rings. The van der Waals surface area contributed by atoms with E-state index in [9.17, 15) is 4.79 Å². The molecule has 0 saturated carbocycles. The SMILES string of the molecule is CCOC(=O)/C1=C(\C)OCOCCCO1. The van der Waals surface area contributed by atoms with Crippen LogP contribution in [-0.2, 0) is 23.7 Å². The van der Waals surface area contributed by atoms with Gasteiger partial charge in [-0.05, 0) is 13.8 Å². The van der Waals surface area contributed by atoms with Gasteiger partial charge in [-0.15, -0.1) is 0 Å². The Bertz CT molecular complexity index is 246. The van der Waals surface area contributed by atoms with E-state index in [2.05, 4.69) is 0 Å². The summed E-state index contributed by atoms with van der Waals surface area (Å²) in [5, 5.41) is 0. The molecule has 0 aromatic heterocycles. The topological polar surface area (TPSA) is 54.0 Å². The van der Waals surface area contributed by atoms with E-state index in [1.165, 1.54) is 0 Å². The molecular formula is C10H16O5. The Morgan fingerprint density at radius 2 is 2.20 bits per heavy atom. The van der Waals surface area contributed by atoms with Gasteiger partial charge in [0.25, 0.3) is 0 Å². The summed E-state index contributed by atoms with van der Waals surface area (Å²) >= 11 is 0. The molecule has 0 aromatic carbocycles. The fourth-order valence-electron chi connectivity index (χ4n) is 1.09. The van der Waals surface area contributed by atoms with E-state index in [1.807, 2.05) is 0 Å². The summed E-state index contributed by atoms with van der Waals surface area (Å²) in [5.74, 6) is 0.0506. The zero-order chi connectivity index (χ0) is 11.1. The first kappa shape index (κ1) is 11.8. The molecule has 0 fully saturated rings. The van der Waals surface area contributed by atoms with E-state index in [0.717, 1.165) is 6.42 Å². The molecular weight excluding hydrogens is 200 g/mol. The Morgan fingerprint density at radius 1 is 1.40 bits per heavy atom. The molecule has 5 nitrogen and oxygen atoms in total. The average Bonchev–Trinajstić information content (AvgIpc) is 2.30. The van der Waals surface area contributed by atoms with Crippen molar-refractivity contribution < 1.29 is 23.7 Å². The fourth-order valence-corrected chi connectivity index (χ4v) is 1.09. The molecule has 0 spiro atoms. The first-order valence-corrected chi connectivity index (χ1v) is 4.97. The Kier molecular flexibility index (Phi) is 4.97. The number of rotatable bonds is 2. The summed E-state index contributed by atoms with van der Waals surface area (Å²) in [6, 6.07) is 0. The van der Waals surface area contributed by atoms with Crippen LogP contribution in [0, 0.1) is 0 Å². The second-order valence-corrected chi connectivity index (χ2v) is 2.98. The third-order valence-electron chi connectivity index (χ3n) is 1.82.